The maximum Gasteiger partial charge on any atom is 0.119 e. The Balaban J connectivity index is 1.40. The Morgan fingerprint density at radius 1 is 1.07 bits per heavy atom. The first kappa shape index (κ1) is 22.4. The summed E-state index contributed by atoms with van der Waals surface area (Å²) < 4.78 is 11.5. The third-order valence-corrected chi connectivity index (χ3v) is 6.74. The molecule has 29 heavy (non-hydrogen) atoms. The number of piperazine rings is 1. The Kier molecular flexibility index (Phi) is 8.22. The van der Waals surface area contributed by atoms with Crippen LogP contribution in [0, 0.1) is 17.8 Å². The molecule has 5 heteroatoms. The summed E-state index contributed by atoms with van der Waals surface area (Å²) in [6.07, 6.45) is 3.60. The molecule has 0 bridgehead atoms. The van der Waals surface area contributed by atoms with Crippen LogP contribution in [0.25, 0.3) is 0 Å². The highest BCUT2D eigenvalue weighted by Gasteiger charge is 2.32. The number of methoxy groups -OCH3 is 1. The average molecular weight is 405 g/mol. The van der Waals surface area contributed by atoms with E-state index in [9.17, 15) is 5.11 Å². The van der Waals surface area contributed by atoms with Crippen LogP contribution < -0.4 is 9.64 Å². The minimum atomic E-state index is -0.410. The number of ether oxygens (including phenoxy) is 2. The number of benzene rings is 1. The predicted molar refractivity (Wildman–Crippen MR) is 119 cm³/mol. The number of rotatable bonds is 8. The van der Waals surface area contributed by atoms with Gasteiger partial charge in [-0.2, -0.15) is 0 Å². The van der Waals surface area contributed by atoms with E-state index in [1.165, 1.54) is 18.5 Å². The monoisotopic (exact) mass is 404 g/mol. The van der Waals surface area contributed by atoms with Crippen molar-refractivity contribution in [1.82, 2.24) is 4.90 Å². The number of β-amino-alcohol motifs (C(OH)–C–C–N with tert-alkyl or cyclic N) is 1. The molecule has 0 amide bonds. The largest absolute Gasteiger partial charge is 0.497 e. The Hall–Kier alpha value is -1.30. The van der Waals surface area contributed by atoms with E-state index >= 15 is 0 Å². The molecule has 5 nitrogen and oxygen atoms in total. The minimum Gasteiger partial charge on any atom is -0.497 e. The summed E-state index contributed by atoms with van der Waals surface area (Å²) in [5.74, 6) is 2.91. The number of hydrogen-bond donors (Lipinski definition) is 1. The molecule has 0 unspecified atom stereocenters. The van der Waals surface area contributed by atoms with Crippen LogP contribution in [0.1, 0.15) is 40.0 Å². The molecule has 1 saturated heterocycles. The molecule has 2 aliphatic rings. The fourth-order valence-corrected chi connectivity index (χ4v) is 4.87. The summed E-state index contributed by atoms with van der Waals surface area (Å²) >= 11 is 0. The zero-order valence-electron chi connectivity index (χ0n) is 18.7. The molecule has 1 N–H and O–H groups in total. The van der Waals surface area contributed by atoms with Gasteiger partial charge in [-0.15, -0.1) is 0 Å². The van der Waals surface area contributed by atoms with E-state index in [0.29, 0.717) is 31.1 Å². The van der Waals surface area contributed by atoms with E-state index in [-0.39, 0.29) is 0 Å². The van der Waals surface area contributed by atoms with Crippen LogP contribution in [0.3, 0.4) is 0 Å². The molecular weight excluding hydrogens is 364 g/mol. The summed E-state index contributed by atoms with van der Waals surface area (Å²) in [5, 5.41) is 10.6. The van der Waals surface area contributed by atoms with Crippen molar-refractivity contribution in [2.45, 2.75) is 52.2 Å². The SMILES string of the molecule is COc1ccc(N2CCN(C[C@H](O)CO[C@H]3C[C@@H](C)CC[C@@H]3C(C)C)CC2)cc1. The van der Waals surface area contributed by atoms with Crippen LogP contribution in [0.15, 0.2) is 24.3 Å². The molecule has 1 aliphatic carbocycles. The van der Waals surface area contributed by atoms with Crippen LogP contribution in [0.4, 0.5) is 5.69 Å². The third kappa shape index (κ3) is 6.34. The summed E-state index contributed by atoms with van der Waals surface area (Å²) in [6, 6.07) is 8.26. The molecule has 1 saturated carbocycles. The Morgan fingerprint density at radius 3 is 2.38 bits per heavy atom. The summed E-state index contributed by atoms with van der Waals surface area (Å²) in [4.78, 5) is 4.76. The van der Waals surface area contributed by atoms with Crippen LogP contribution in [0.5, 0.6) is 5.75 Å². The van der Waals surface area contributed by atoms with Gasteiger partial charge in [0.15, 0.2) is 0 Å². The van der Waals surface area contributed by atoms with Crippen molar-refractivity contribution in [2.24, 2.45) is 17.8 Å². The highest BCUT2D eigenvalue weighted by molar-refractivity contribution is 5.49. The molecule has 1 aliphatic heterocycles. The minimum absolute atomic E-state index is 0.306. The first-order valence-corrected chi connectivity index (χ1v) is 11.4. The van der Waals surface area contributed by atoms with E-state index in [1.54, 1.807) is 7.11 Å². The second-order valence-electron chi connectivity index (χ2n) is 9.34. The Morgan fingerprint density at radius 2 is 1.76 bits per heavy atom. The lowest BCUT2D eigenvalue weighted by Crippen LogP contribution is -2.49. The smallest absolute Gasteiger partial charge is 0.119 e. The quantitative estimate of drug-likeness (QED) is 0.716. The van der Waals surface area contributed by atoms with E-state index in [0.717, 1.165) is 44.3 Å². The maximum absolute atomic E-state index is 10.6. The third-order valence-electron chi connectivity index (χ3n) is 6.74. The first-order chi connectivity index (χ1) is 14.0. The molecule has 0 spiro atoms. The van der Waals surface area contributed by atoms with Gasteiger partial charge >= 0.3 is 0 Å². The van der Waals surface area contributed by atoms with Gasteiger partial charge in [-0.05, 0) is 54.9 Å². The first-order valence-electron chi connectivity index (χ1n) is 11.4. The second kappa shape index (κ2) is 10.6. The fraction of sp³-hybridized carbons (Fsp3) is 0.750. The van der Waals surface area contributed by atoms with Crippen LogP contribution >= 0.6 is 0 Å². The molecule has 0 radical (unpaired) electrons. The molecule has 4 atom stereocenters. The van der Waals surface area contributed by atoms with Crippen molar-refractivity contribution in [3.63, 3.8) is 0 Å². The maximum atomic E-state index is 10.6. The zero-order valence-corrected chi connectivity index (χ0v) is 18.7. The average Bonchev–Trinajstić information content (AvgIpc) is 2.73. The van der Waals surface area contributed by atoms with E-state index in [4.69, 9.17) is 9.47 Å². The van der Waals surface area contributed by atoms with Crippen LogP contribution in [-0.4, -0.2) is 68.7 Å². The van der Waals surface area contributed by atoms with Crippen molar-refractivity contribution in [1.29, 1.82) is 0 Å². The molecule has 164 valence electrons. The summed E-state index contributed by atoms with van der Waals surface area (Å²) in [6.45, 7) is 12.0. The van der Waals surface area contributed by atoms with E-state index < -0.39 is 6.10 Å². The van der Waals surface area contributed by atoms with Gasteiger partial charge in [0.2, 0.25) is 0 Å². The Bertz CT molecular complexity index is 599. The standard InChI is InChI=1S/C24H40N2O3/c1-18(2)23-10-5-19(3)15-24(23)29-17-21(27)16-25-11-13-26(14-12-25)20-6-8-22(28-4)9-7-20/h6-9,18-19,21,23-24,27H,5,10-17H2,1-4H3/t19-,21-,23+,24-/m0/s1. The molecule has 1 heterocycles. The van der Waals surface area contributed by atoms with Gasteiger partial charge in [0.25, 0.3) is 0 Å². The van der Waals surface area contributed by atoms with Crippen molar-refractivity contribution < 1.29 is 14.6 Å². The highest BCUT2D eigenvalue weighted by Crippen LogP contribution is 2.35. The number of hydrogen-bond acceptors (Lipinski definition) is 5. The lowest BCUT2D eigenvalue weighted by Gasteiger charge is -2.39. The molecule has 3 rings (SSSR count). The van der Waals surface area contributed by atoms with Crippen molar-refractivity contribution in [3.8, 4) is 5.75 Å². The van der Waals surface area contributed by atoms with Gasteiger partial charge in [0.1, 0.15) is 5.75 Å². The predicted octanol–water partition coefficient (Wildman–Crippen LogP) is 3.66. The van der Waals surface area contributed by atoms with Gasteiger partial charge in [0, 0.05) is 38.4 Å². The topological polar surface area (TPSA) is 45.2 Å². The normalized spacial score (nSPS) is 27.2. The van der Waals surface area contributed by atoms with Crippen LogP contribution in [0.2, 0.25) is 0 Å². The number of nitrogens with zero attached hydrogens (tertiary/aromatic N) is 2. The van der Waals surface area contributed by atoms with Gasteiger partial charge in [-0.1, -0.05) is 27.2 Å². The summed E-state index contributed by atoms with van der Waals surface area (Å²) in [5.41, 5.74) is 1.24. The zero-order chi connectivity index (χ0) is 20.8. The van der Waals surface area contributed by atoms with Crippen molar-refractivity contribution >= 4 is 5.69 Å². The number of anilines is 1. The molecule has 2 fully saturated rings. The van der Waals surface area contributed by atoms with Gasteiger partial charge in [-0.3, -0.25) is 4.90 Å². The van der Waals surface area contributed by atoms with Crippen molar-refractivity contribution in [3.05, 3.63) is 24.3 Å². The molecular formula is C24H40N2O3. The van der Waals surface area contributed by atoms with E-state index in [2.05, 4.69) is 42.7 Å². The second-order valence-corrected chi connectivity index (χ2v) is 9.34. The summed E-state index contributed by atoms with van der Waals surface area (Å²) in [7, 11) is 1.70. The van der Waals surface area contributed by atoms with Gasteiger partial charge in [0.05, 0.1) is 25.9 Å². The highest BCUT2D eigenvalue weighted by atomic mass is 16.5. The van der Waals surface area contributed by atoms with E-state index in [1.807, 2.05) is 12.1 Å². The Labute approximate surface area is 177 Å². The molecule has 1 aromatic rings. The van der Waals surface area contributed by atoms with Gasteiger partial charge in [-0.25, -0.2) is 0 Å². The lowest BCUT2D eigenvalue weighted by molar-refractivity contribution is -0.0740. The number of aliphatic hydroxyl groups excluding tert-OH is 1. The van der Waals surface area contributed by atoms with Crippen molar-refractivity contribution in [2.75, 3.05) is 51.3 Å². The number of aliphatic hydroxyl groups is 1. The lowest BCUT2D eigenvalue weighted by atomic mass is 9.75. The fourth-order valence-electron chi connectivity index (χ4n) is 4.87. The molecule has 1 aromatic carbocycles. The van der Waals surface area contributed by atoms with Gasteiger partial charge < -0.3 is 19.5 Å². The van der Waals surface area contributed by atoms with Crippen LogP contribution in [-0.2, 0) is 4.74 Å². The molecule has 0 aromatic heterocycles.